The first kappa shape index (κ1) is 14.1. The van der Waals surface area contributed by atoms with Gasteiger partial charge >= 0.3 is 0 Å². The molecule has 0 saturated heterocycles. The molecule has 1 aromatic heterocycles. The molecule has 0 aliphatic carbocycles. The molecule has 0 radical (unpaired) electrons. The minimum atomic E-state index is -0.325. The zero-order chi connectivity index (χ0) is 14.2. The Morgan fingerprint density at radius 2 is 1.74 bits per heavy atom. The molecule has 1 heterocycles. The van der Waals surface area contributed by atoms with E-state index in [-0.39, 0.29) is 11.5 Å². The Hall–Kier alpha value is -1.29. The average molecular weight is 297 g/mol. The first-order valence-corrected chi connectivity index (χ1v) is 6.59. The number of pyridine rings is 1. The van der Waals surface area contributed by atoms with Crippen LogP contribution in [0.15, 0.2) is 35.3 Å². The fourth-order valence-electron chi connectivity index (χ4n) is 1.95. The van der Waals surface area contributed by atoms with E-state index >= 15 is 0 Å². The average Bonchev–Trinajstić information content (AvgIpc) is 2.26. The van der Waals surface area contributed by atoms with Gasteiger partial charge in [-0.05, 0) is 32.0 Å². The van der Waals surface area contributed by atoms with E-state index in [2.05, 4.69) is 0 Å². The van der Waals surface area contributed by atoms with Gasteiger partial charge in [0.05, 0.1) is 0 Å². The summed E-state index contributed by atoms with van der Waals surface area (Å²) in [5.41, 5.74) is 7.91. The van der Waals surface area contributed by atoms with Crippen molar-refractivity contribution < 1.29 is 0 Å². The standard InChI is InChI=1S/C14H14Cl2N2O/c1-8-3-14(19)13(9(2)17)7-18(8)12-5-10(15)4-11(16)6-12/h3-7,9H,17H2,1-2H3. The molecule has 1 aromatic carbocycles. The first-order chi connectivity index (χ1) is 8.88. The van der Waals surface area contributed by atoms with Crippen LogP contribution in [0, 0.1) is 6.92 Å². The molecule has 0 saturated carbocycles. The topological polar surface area (TPSA) is 48.0 Å². The monoisotopic (exact) mass is 296 g/mol. The van der Waals surface area contributed by atoms with Crippen molar-refractivity contribution >= 4 is 23.2 Å². The van der Waals surface area contributed by atoms with Crippen LogP contribution in [0.4, 0.5) is 0 Å². The zero-order valence-electron chi connectivity index (χ0n) is 10.7. The maximum absolute atomic E-state index is 11.9. The second-order valence-corrected chi connectivity index (χ2v) is 5.39. The molecule has 0 spiro atoms. The minimum absolute atomic E-state index is 0.0584. The molecular weight excluding hydrogens is 283 g/mol. The summed E-state index contributed by atoms with van der Waals surface area (Å²) in [7, 11) is 0. The van der Waals surface area contributed by atoms with E-state index in [0.29, 0.717) is 15.6 Å². The van der Waals surface area contributed by atoms with Crippen molar-refractivity contribution in [1.82, 2.24) is 4.57 Å². The predicted octanol–water partition coefficient (Wildman–Crippen LogP) is 3.47. The number of hydrogen-bond donors (Lipinski definition) is 1. The van der Waals surface area contributed by atoms with Crippen molar-refractivity contribution in [2.24, 2.45) is 5.73 Å². The number of benzene rings is 1. The zero-order valence-corrected chi connectivity index (χ0v) is 12.2. The molecule has 0 amide bonds. The van der Waals surface area contributed by atoms with E-state index in [0.717, 1.165) is 11.4 Å². The number of nitrogens with two attached hydrogens (primary N) is 1. The van der Waals surface area contributed by atoms with Gasteiger partial charge in [-0.15, -0.1) is 0 Å². The lowest BCUT2D eigenvalue weighted by Crippen LogP contribution is -2.20. The van der Waals surface area contributed by atoms with Crippen molar-refractivity contribution in [2.75, 3.05) is 0 Å². The molecule has 1 unspecified atom stereocenters. The molecule has 5 heteroatoms. The lowest BCUT2D eigenvalue weighted by atomic mass is 10.1. The van der Waals surface area contributed by atoms with E-state index in [9.17, 15) is 4.79 Å². The fraction of sp³-hybridized carbons (Fsp3) is 0.214. The summed E-state index contributed by atoms with van der Waals surface area (Å²) in [6, 6.07) is 6.48. The highest BCUT2D eigenvalue weighted by Gasteiger charge is 2.09. The Morgan fingerprint density at radius 1 is 1.16 bits per heavy atom. The highest BCUT2D eigenvalue weighted by molar-refractivity contribution is 6.34. The van der Waals surface area contributed by atoms with Crippen LogP contribution in [0.2, 0.25) is 10.0 Å². The molecule has 0 fully saturated rings. The first-order valence-electron chi connectivity index (χ1n) is 5.83. The van der Waals surface area contributed by atoms with Crippen LogP contribution in [0.25, 0.3) is 5.69 Å². The summed E-state index contributed by atoms with van der Waals surface area (Å²) < 4.78 is 1.86. The minimum Gasteiger partial charge on any atom is -0.324 e. The molecule has 2 aromatic rings. The number of hydrogen-bond acceptors (Lipinski definition) is 2. The Bertz CT molecular complexity index is 657. The smallest absolute Gasteiger partial charge is 0.186 e. The number of halogens is 2. The molecule has 2 rings (SSSR count). The summed E-state index contributed by atoms with van der Waals surface area (Å²) >= 11 is 12.0. The molecule has 19 heavy (non-hydrogen) atoms. The predicted molar refractivity (Wildman–Crippen MR) is 79.4 cm³/mol. The van der Waals surface area contributed by atoms with E-state index in [1.807, 2.05) is 11.5 Å². The molecule has 2 N–H and O–H groups in total. The SMILES string of the molecule is Cc1cc(=O)c(C(C)N)cn1-c1cc(Cl)cc(Cl)c1. The third kappa shape index (κ3) is 3.00. The largest absolute Gasteiger partial charge is 0.324 e. The van der Waals surface area contributed by atoms with Gasteiger partial charge < -0.3 is 10.3 Å². The van der Waals surface area contributed by atoms with Crippen LogP contribution in [0.1, 0.15) is 24.2 Å². The number of nitrogens with zero attached hydrogens (tertiary/aromatic N) is 1. The van der Waals surface area contributed by atoms with Crippen LogP contribution in [-0.2, 0) is 0 Å². The van der Waals surface area contributed by atoms with Crippen LogP contribution >= 0.6 is 23.2 Å². The third-order valence-corrected chi connectivity index (χ3v) is 3.33. The second-order valence-electron chi connectivity index (χ2n) is 4.52. The molecular formula is C14H14Cl2N2O. The van der Waals surface area contributed by atoms with Crippen LogP contribution in [0.5, 0.6) is 0 Å². The van der Waals surface area contributed by atoms with Gasteiger partial charge in [0, 0.05) is 45.3 Å². The molecule has 0 aliphatic rings. The van der Waals surface area contributed by atoms with Crippen molar-refractivity contribution in [3.05, 3.63) is 62.0 Å². The number of aromatic nitrogens is 1. The Balaban J connectivity index is 2.68. The molecule has 0 bridgehead atoms. The van der Waals surface area contributed by atoms with Gasteiger partial charge in [-0.3, -0.25) is 4.79 Å². The van der Waals surface area contributed by atoms with Crippen molar-refractivity contribution in [1.29, 1.82) is 0 Å². The van der Waals surface area contributed by atoms with Gasteiger partial charge in [-0.1, -0.05) is 23.2 Å². The van der Waals surface area contributed by atoms with E-state index < -0.39 is 0 Å². The number of aryl methyl sites for hydroxylation is 1. The van der Waals surface area contributed by atoms with E-state index in [1.54, 1.807) is 37.4 Å². The lowest BCUT2D eigenvalue weighted by molar-refractivity contribution is 0.786. The Kier molecular flexibility index (Phi) is 3.99. The Labute approximate surface area is 121 Å². The highest BCUT2D eigenvalue weighted by atomic mass is 35.5. The maximum Gasteiger partial charge on any atom is 0.186 e. The van der Waals surface area contributed by atoms with Gasteiger partial charge in [0.15, 0.2) is 5.43 Å². The Morgan fingerprint density at radius 3 is 2.26 bits per heavy atom. The summed E-state index contributed by atoms with van der Waals surface area (Å²) in [4.78, 5) is 11.9. The molecule has 3 nitrogen and oxygen atoms in total. The lowest BCUT2D eigenvalue weighted by Gasteiger charge is -2.15. The quantitative estimate of drug-likeness (QED) is 0.922. The van der Waals surface area contributed by atoms with Gasteiger partial charge in [-0.25, -0.2) is 0 Å². The van der Waals surface area contributed by atoms with Gasteiger partial charge in [-0.2, -0.15) is 0 Å². The van der Waals surface area contributed by atoms with Crippen molar-refractivity contribution in [2.45, 2.75) is 19.9 Å². The van der Waals surface area contributed by atoms with Gasteiger partial charge in [0.2, 0.25) is 0 Å². The van der Waals surface area contributed by atoms with Gasteiger partial charge in [0.25, 0.3) is 0 Å². The second kappa shape index (κ2) is 5.37. The molecule has 0 aliphatic heterocycles. The third-order valence-electron chi connectivity index (χ3n) is 2.89. The summed E-state index contributed by atoms with van der Waals surface area (Å²) in [5.74, 6) is 0. The van der Waals surface area contributed by atoms with Crippen molar-refractivity contribution in [3.63, 3.8) is 0 Å². The summed E-state index contributed by atoms with van der Waals surface area (Å²) in [6.45, 7) is 3.63. The fourth-order valence-corrected chi connectivity index (χ4v) is 2.46. The molecule has 100 valence electrons. The van der Waals surface area contributed by atoms with Crippen LogP contribution in [-0.4, -0.2) is 4.57 Å². The maximum atomic E-state index is 11.9. The number of rotatable bonds is 2. The summed E-state index contributed by atoms with van der Waals surface area (Å²) in [6.07, 6.45) is 1.74. The normalized spacial score (nSPS) is 12.5. The summed E-state index contributed by atoms with van der Waals surface area (Å²) in [5, 5.41) is 1.09. The van der Waals surface area contributed by atoms with Crippen molar-refractivity contribution in [3.8, 4) is 5.69 Å². The van der Waals surface area contributed by atoms with Crippen LogP contribution < -0.4 is 11.2 Å². The van der Waals surface area contributed by atoms with Crippen LogP contribution in [0.3, 0.4) is 0 Å². The van der Waals surface area contributed by atoms with E-state index in [1.165, 1.54) is 0 Å². The van der Waals surface area contributed by atoms with E-state index in [4.69, 9.17) is 28.9 Å². The highest BCUT2D eigenvalue weighted by Crippen LogP contribution is 2.23. The molecule has 1 atom stereocenters. The van der Waals surface area contributed by atoms with Gasteiger partial charge in [0.1, 0.15) is 0 Å².